The number of benzene rings is 2. The van der Waals surface area contributed by atoms with Gasteiger partial charge in [0.25, 0.3) is 0 Å². The van der Waals surface area contributed by atoms with Crippen molar-refractivity contribution in [3.8, 4) is 11.1 Å². The maximum absolute atomic E-state index is 12.8. The lowest BCUT2D eigenvalue weighted by atomic mass is 9.91. The van der Waals surface area contributed by atoms with Crippen molar-refractivity contribution in [2.45, 2.75) is 45.1 Å². The van der Waals surface area contributed by atoms with E-state index >= 15 is 0 Å². The molecule has 34 heavy (non-hydrogen) atoms. The monoisotopic (exact) mass is 464 g/mol. The van der Waals surface area contributed by atoms with Crippen molar-refractivity contribution in [2.24, 2.45) is 11.8 Å². The molecule has 2 amide bonds. The van der Waals surface area contributed by atoms with Crippen LogP contribution in [0.1, 0.15) is 50.2 Å². The Bertz CT molecular complexity index is 1020. The maximum Gasteiger partial charge on any atom is 0.407 e. The van der Waals surface area contributed by atoms with Gasteiger partial charge in [-0.3, -0.25) is 4.79 Å². The van der Waals surface area contributed by atoms with Crippen LogP contribution < -0.4 is 5.32 Å². The standard InChI is InChI=1S/C27H32N2O5/c1-17-12-14-29(24(15-17)26(31)32)25(30)18(2)11-13-28-27(33)34-16-23-21-9-5-3-7-19(21)20-8-4-6-10-22(20)23/h3-10,17-18,23-24H,11-16H2,1-2H3,(H,28,33)(H,31,32). The van der Waals surface area contributed by atoms with Crippen molar-refractivity contribution >= 4 is 18.0 Å². The first-order valence-corrected chi connectivity index (χ1v) is 12.0. The van der Waals surface area contributed by atoms with Gasteiger partial charge in [0.2, 0.25) is 5.91 Å². The van der Waals surface area contributed by atoms with Crippen molar-refractivity contribution in [2.75, 3.05) is 19.7 Å². The Hall–Kier alpha value is -3.35. The van der Waals surface area contributed by atoms with Gasteiger partial charge >= 0.3 is 12.1 Å². The number of rotatable bonds is 7. The summed E-state index contributed by atoms with van der Waals surface area (Å²) in [7, 11) is 0. The predicted molar refractivity (Wildman–Crippen MR) is 128 cm³/mol. The van der Waals surface area contributed by atoms with Gasteiger partial charge in [0, 0.05) is 24.9 Å². The first-order valence-electron chi connectivity index (χ1n) is 12.0. The Kier molecular flexibility index (Phi) is 7.20. The Morgan fingerprint density at radius 1 is 1.09 bits per heavy atom. The second kappa shape index (κ2) is 10.3. The molecule has 1 aliphatic carbocycles. The first-order chi connectivity index (χ1) is 16.4. The van der Waals surface area contributed by atoms with Crippen LogP contribution in [0.25, 0.3) is 11.1 Å². The van der Waals surface area contributed by atoms with E-state index in [1.54, 1.807) is 6.92 Å². The molecule has 1 heterocycles. The summed E-state index contributed by atoms with van der Waals surface area (Å²) in [6.45, 7) is 4.77. The second-order valence-electron chi connectivity index (χ2n) is 9.46. The highest BCUT2D eigenvalue weighted by molar-refractivity contribution is 5.85. The molecule has 2 aromatic carbocycles. The molecule has 180 valence electrons. The fraction of sp³-hybridized carbons (Fsp3) is 0.444. The quantitative estimate of drug-likeness (QED) is 0.638. The summed E-state index contributed by atoms with van der Waals surface area (Å²) < 4.78 is 5.54. The number of piperidine rings is 1. The zero-order valence-corrected chi connectivity index (χ0v) is 19.7. The van der Waals surface area contributed by atoms with Crippen LogP contribution in [0.15, 0.2) is 48.5 Å². The first kappa shape index (κ1) is 23.8. The Morgan fingerprint density at radius 2 is 1.71 bits per heavy atom. The van der Waals surface area contributed by atoms with Crippen LogP contribution in [-0.2, 0) is 14.3 Å². The van der Waals surface area contributed by atoms with E-state index in [0.29, 0.717) is 19.4 Å². The topological polar surface area (TPSA) is 95.9 Å². The van der Waals surface area contributed by atoms with Crippen molar-refractivity contribution in [3.63, 3.8) is 0 Å². The number of carbonyl (C=O) groups excluding carboxylic acids is 2. The van der Waals surface area contributed by atoms with E-state index < -0.39 is 18.1 Å². The molecule has 3 atom stereocenters. The predicted octanol–water partition coefficient (Wildman–Crippen LogP) is 4.26. The molecule has 2 N–H and O–H groups in total. The normalized spacial score (nSPS) is 20.2. The molecule has 0 aromatic heterocycles. The molecule has 1 aliphatic heterocycles. The fourth-order valence-electron chi connectivity index (χ4n) is 5.09. The Labute approximate surface area is 200 Å². The Morgan fingerprint density at radius 3 is 2.32 bits per heavy atom. The highest BCUT2D eigenvalue weighted by Crippen LogP contribution is 2.44. The minimum atomic E-state index is -0.955. The molecule has 0 saturated carbocycles. The number of likely N-dealkylation sites (tertiary alicyclic amines) is 1. The van der Waals surface area contributed by atoms with Crippen LogP contribution in [0.5, 0.6) is 0 Å². The largest absolute Gasteiger partial charge is 0.480 e. The van der Waals surface area contributed by atoms with Crippen LogP contribution in [-0.4, -0.2) is 53.7 Å². The number of carboxylic acids is 1. The zero-order chi connectivity index (χ0) is 24.2. The lowest BCUT2D eigenvalue weighted by molar-refractivity contribution is -0.154. The van der Waals surface area contributed by atoms with E-state index in [1.165, 1.54) is 16.0 Å². The minimum Gasteiger partial charge on any atom is -0.480 e. The van der Waals surface area contributed by atoms with Crippen molar-refractivity contribution in [1.29, 1.82) is 0 Å². The number of fused-ring (bicyclic) bond motifs is 3. The molecule has 1 fully saturated rings. The van der Waals surface area contributed by atoms with Gasteiger partial charge in [0.15, 0.2) is 0 Å². The number of ether oxygens (including phenoxy) is 1. The van der Waals surface area contributed by atoms with E-state index in [-0.39, 0.29) is 36.8 Å². The third kappa shape index (κ3) is 4.93. The molecule has 0 radical (unpaired) electrons. The van der Waals surface area contributed by atoms with Gasteiger partial charge in [-0.25, -0.2) is 9.59 Å². The average Bonchev–Trinajstić information content (AvgIpc) is 3.16. The molecule has 0 bridgehead atoms. The summed E-state index contributed by atoms with van der Waals surface area (Å²) >= 11 is 0. The van der Waals surface area contributed by atoms with Gasteiger partial charge in [0.05, 0.1) is 0 Å². The maximum atomic E-state index is 12.8. The molecule has 2 aliphatic rings. The SMILES string of the molecule is CC1CCN(C(=O)C(C)CCNC(=O)OCC2c3ccccc3-c3ccccc32)C(C(=O)O)C1. The molecular weight excluding hydrogens is 432 g/mol. The summed E-state index contributed by atoms with van der Waals surface area (Å²) in [4.78, 5) is 38.3. The number of alkyl carbamates (subject to hydrolysis) is 1. The van der Waals surface area contributed by atoms with Gasteiger partial charge in [0.1, 0.15) is 12.6 Å². The molecule has 4 rings (SSSR count). The number of nitrogens with zero attached hydrogens (tertiary/aromatic N) is 1. The second-order valence-corrected chi connectivity index (χ2v) is 9.46. The molecule has 0 spiro atoms. The van der Waals surface area contributed by atoms with Crippen LogP contribution in [0, 0.1) is 11.8 Å². The highest BCUT2D eigenvalue weighted by Gasteiger charge is 2.36. The van der Waals surface area contributed by atoms with Gasteiger partial charge in [-0.2, -0.15) is 0 Å². The van der Waals surface area contributed by atoms with E-state index in [1.807, 2.05) is 31.2 Å². The third-order valence-corrected chi connectivity index (χ3v) is 7.04. The summed E-state index contributed by atoms with van der Waals surface area (Å²) in [5.41, 5.74) is 4.65. The summed E-state index contributed by atoms with van der Waals surface area (Å²) in [5, 5.41) is 12.2. The van der Waals surface area contributed by atoms with Gasteiger partial charge < -0.3 is 20.1 Å². The number of hydrogen-bond acceptors (Lipinski definition) is 4. The minimum absolute atomic E-state index is 0.00639. The summed E-state index contributed by atoms with van der Waals surface area (Å²) in [6, 6.07) is 15.6. The molecule has 1 saturated heterocycles. The number of aliphatic carboxylic acids is 1. The fourth-order valence-corrected chi connectivity index (χ4v) is 5.09. The number of carboxylic acid groups (broad SMARTS) is 1. The van der Waals surface area contributed by atoms with Crippen LogP contribution in [0.2, 0.25) is 0 Å². The number of carbonyl (C=O) groups is 3. The lowest BCUT2D eigenvalue weighted by Crippen LogP contribution is -2.51. The van der Waals surface area contributed by atoms with E-state index in [9.17, 15) is 19.5 Å². The number of hydrogen-bond donors (Lipinski definition) is 2. The van der Waals surface area contributed by atoms with Crippen LogP contribution in [0.3, 0.4) is 0 Å². The third-order valence-electron chi connectivity index (χ3n) is 7.04. The highest BCUT2D eigenvalue weighted by atomic mass is 16.5. The Balaban J connectivity index is 1.26. The van der Waals surface area contributed by atoms with Gasteiger partial charge in [-0.15, -0.1) is 0 Å². The zero-order valence-electron chi connectivity index (χ0n) is 19.7. The van der Waals surface area contributed by atoms with Crippen molar-refractivity contribution < 1.29 is 24.2 Å². The average molecular weight is 465 g/mol. The van der Waals surface area contributed by atoms with E-state index in [4.69, 9.17) is 4.74 Å². The lowest BCUT2D eigenvalue weighted by Gasteiger charge is -2.37. The van der Waals surface area contributed by atoms with Gasteiger partial charge in [-0.05, 0) is 47.4 Å². The summed E-state index contributed by atoms with van der Waals surface area (Å²) in [6.07, 6.45) is 1.18. The van der Waals surface area contributed by atoms with E-state index in [2.05, 4.69) is 29.6 Å². The van der Waals surface area contributed by atoms with Crippen molar-refractivity contribution in [3.05, 3.63) is 59.7 Å². The molecule has 7 heteroatoms. The molecule has 2 aromatic rings. The molecular formula is C27H32N2O5. The smallest absolute Gasteiger partial charge is 0.407 e. The van der Waals surface area contributed by atoms with Crippen LogP contribution in [0.4, 0.5) is 4.79 Å². The number of amides is 2. The van der Waals surface area contributed by atoms with Crippen LogP contribution >= 0.6 is 0 Å². The van der Waals surface area contributed by atoms with Gasteiger partial charge in [-0.1, -0.05) is 62.4 Å². The van der Waals surface area contributed by atoms with E-state index in [0.717, 1.165) is 17.5 Å². The molecule has 7 nitrogen and oxygen atoms in total. The molecule has 3 unspecified atom stereocenters. The number of nitrogens with one attached hydrogen (secondary N) is 1. The summed E-state index contributed by atoms with van der Waals surface area (Å²) in [5.74, 6) is -1.23. The van der Waals surface area contributed by atoms with Crippen molar-refractivity contribution in [1.82, 2.24) is 10.2 Å².